The number of carbonyl (C=O) groups is 2. The van der Waals surface area contributed by atoms with Gasteiger partial charge in [0, 0.05) is 56.4 Å². The zero-order valence-corrected chi connectivity index (χ0v) is 31.6. The van der Waals surface area contributed by atoms with Gasteiger partial charge < -0.3 is 24.0 Å². The number of carbonyl (C=O) groups excluding carboxylic acids is 2. The molecule has 1 spiro atoms. The van der Waals surface area contributed by atoms with E-state index in [1.54, 1.807) is 25.2 Å². The van der Waals surface area contributed by atoms with E-state index in [9.17, 15) is 13.8 Å². The van der Waals surface area contributed by atoms with Gasteiger partial charge in [-0.3, -0.25) is 9.52 Å². The predicted molar refractivity (Wildman–Crippen MR) is 200 cm³/mol. The number of aryl methyl sites for hydroxylation is 1. The fraction of sp³-hybridized carbons (Fsp3) is 0.590. The third-order valence-electron chi connectivity index (χ3n) is 11.8. The van der Waals surface area contributed by atoms with Gasteiger partial charge in [0.1, 0.15) is 15.7 Å². The lowest BCUT2D eigenvalue weighted by Gasteiger charge is -2.46. The molecule has 1 saturated carbocycles. The Morgan fingerprint density at radius 2 is 1.92 bits per heavy atom. The number of benzene rings is 2. The second kappa shape index (κ2) is 15.1. The molecule has 2 fully saturated rings. The zero-order chi connectivity index (χ0) is 35.8. The minimum atomic E-state index is -3.48. The van der Waals surface area contributed by atoms with Crippen LogP contribution < -0.4 is 14.4 Å². The second-order valence-electron chi connectivity index (χ2n) is 15.3. The van der Waals surface area contributed by atoms with Crippen molar-refractivity contribution in [3.05, 3.63) is 70.3 Å². The molecule has 1 saturated heterocycles. The number of fused-ring (bicyclic) bond motifs is 4. The predicted octanol–water partition coefficient (Wildman–Crippen LogP) is 6.79. The van der Waals surface area contributed by atoms with E-state index in [0.717, 1.165) is 55.9 Å². The van der Waals surface area contributed by atoms with Crippen molar-refractivity contribution in [3.8, 4) is 5.75 Å². The first kappa shape index (κ1) is 36.2. The topological polar surface area (TPSA) is 110 Å². The Labute approximate surface area is 307 Å². The molecule has 276 valence electrons. The van der Waals surface area contributed by atoms with Crippen molar-refractivity contribution < 1.29 is 28.0 Å². The number of rotatable bonds is 3. The third kappa shape index (κ3) is 7.68. The lowest BCUT2D eigenvalue weighted by atomic mass is 9.68. The molecule has 6 atom stereocenters. The monoisotopic (exact) mass is 738 g/mol. The van der Waals surface area contributed by atoms with Crippen LogP contribution in [0.25, 0.3) is 0 Å². The van der Waals surface area contributed by atoms with Gasteiger partial charge in [-0.25, -0.2) is 9.00 Å². The number of allylic oxidation sites excluding steroid dienone is 1. The molecule has 1 N–H and O–H groups in total. The molecule has 0 unspecified atom stereocenters. The first-order valence-electron chi connectivity index (χ1n) is 18.5. The Balaban J connectivity index is 1.26. The summed E-state index contributed by atoms with van der Waals surface area (Å²) in [6, 6.07) is 11.2. The van der Waals surface area contributed by atoms with E-state index in [0.29, 0.717) is 62.1 Å². The number of likely N-dealkylation sites (tertiary alicyclic amines) is 1. The number of anilines is 1. The molecule has 7 rings (SSSR count). The van der Waals surface area contributed by atoms with Gasteiger partial charge in [0.05, 0.1) is 30.3 Å². The third-order valence-corrected chi connectivity index (χ3v) is 14.0. The molecule has 12 heteroatoms. The Morgan fingerprint density at radius 1 is 1.10 bits per heavy atom. The summed E-state index contributed by atoms with van der Waals surface area (Å²) in [4.78, 5) is 31.5. The van der Waals surface area contributed by atoms with Crippen molar-refractivity contribution in [1.82, 2.24) is 9.62 Å². The number of piperidine rings is 1. The van der Waals surface area contributed by atoms with Crippen LogP contribution in [0.5, 0.6) is 5.75 Å². The average Bonchev–Trinajstić information content (AvgIpc) is 3.25. The molecule has 2 aromatic carbocycles. The van der Waals surface area contributed by atoms with E-state index in [1.807, 2.05) is 25.1 Å². The summed E-state index contributed by atoms with van der Waals surface area (Å²) in [7, 11) is -0.0323. The van der Waals surface area contributed by atoms with Crippen LogP contribution in [0.4, 0.5) is 10.5 Å². The van der Waals surface area contributed by atoms with Crippen molar-refractivity contribution in [2.75, 3.05) is 57.7 Å². The molecule has 2 bridgehead atoms. The normalized spacial score (nSPS) is 32.0. The van der Waals surface area contributed by atoms with Crippen molar-refractivity contribution in [1.29, 1.82) is 0 Å². The number of nitrogens with zero attached hydrogens (tertiary/aromatic N) is 3. The maximum atomic E-state index is 14.6. The van der Waals surface area contributed by atoms with Crippen molar-refractivity contribution in [2.45, 2.75) is 75.9 Å². The van der Waals surface area contributed by atoms with E-state index < -0.39 is 21.9 Å². The fourth-order valence-electron chi connectivity index (χ4n) is 8.86. The van der Waals surface area contributed by atoms with Crippen LogP contribution in [0.1, 0.15) is 73.4 Å². The molecular formula is C39H51ClN4O6S. The Kier molecular flexibility index (Phi) is 10.7. The highest BCUT2D eigenvalue weighted by atomic mass is 35.5. The van der Waals surface area contributed by atoms with Crippen LogP contribution in [0, 0.1) is 17.8 Å². The minimum Gasteiger partial charge on any atom is -0.490 e. The quantitative estimate of drug-likeness (QED) is 0.346. The largest absolute Gasteiger partial charge is 0.490 e. The second-order valence-corrected chi connectivity index (χ2v) is 17.7. The Morgan fingerprint density at radius 3 is 2.67 bits per heavy atom. The van der Waals surface area contributed by atoms with Gasteiger partial charge in [0.2, 0.25) is 0 Å². The van der Waals surface area contributed by atoms with Gasteiger partial charge in [-0.2, -0.15) is 0 Å². The number of nitrogens with one attached hydrogen (secondary N) is 1. The summed E-state index contributed by atoms with van der Waals surface area (Å²) in [6.07, 6.45) is 11.5. The van der Waals surface area contributed by atoms with Crippen LogP contribution >= 0.6 is 11.6 Å². The van der Waals surface area contributed by atoms with E-state index in [1.165, 1.54) is 11.1 Å². The molecule has 0 radical (unpaired) electrons. The summed E-state index contributed by atoms with van der Waals surface area (Å²) in [5, 5.41) is 0.745. The minimum absolute atomic E-state index is 0.0409. The zero-order valence-electron chi connectivity index (χ0n) is 30.0. The maximum absolute atomic E-state index is 14.6. The van der Waals surface area contributed by atoms with Crippen molar-refractivity contribution in [2.24, 2.45) is 22.1 Å². The van der Waals surface area contributed by atoms with Crippen LogP contribution in [0.3, 0.4) is 0 Å². The van der Waals surface area contributed by atoms with Gasteiger partial charge in [0.25, 0.3) is 5.91 Å². The standard InChI is InChI=1S/C39H51ClN4O6S/c1-26-6-4-8-35(49-3)32-12-9-29(32)22-44-24-39(17-5-7-27-20-30(40)11-13-33(27)39)25-50-36-14-10-28(21-34(36)44)37(45)41-51(47,23-26)42-38(46)43-18-15-31(48-2)16-19-43/h4,8,10-11,13-14,20-21,26,29,31-32,35H,5-7,9,12,15-19,22-25H2,1-3H3,(H,41,42,45,46,47)/b8-4+/t26-,29-,32+,35-,39-,51-/m0/s1. The molecule has 0 aromatic heterocycles. The molecule has 10 nitrogen and oxygen atoms in total. The van der Waals surface area contributed by atoms with Crippen LogP contribution in [-0.2, 0) is 31.2 Å². The number of urea groups is 1. The smallest absolute Gasteiger partial charge is 0.329 e. The number of amides is 3. The number of hydrogen-bond acceptors (Lipinski definition) is 7. The summed E-state index contributed by atoms with van der Waals surface area (Å²) in [5.41, 5.74) is 3.45. The van der Waals surface area contributed by atoms with Crippen molar-refractivity contribution in [3.63, 3.8) is 0 Å². The Bertz CT molecular complexity index is 1790. The van der Waals surface area contributed by atoms with Gasteiger partial charge in [-0.15, -0.1) is 4.36 Å². The van der Waals surface area contributed by atoms with Gasteiger partial charge in [0.15, 0.2) is 0 Å². The van der Waals surface area contributed by atoms with Crippen LogP contribution in [0.15, 0.2) is 52.9 Å². The molecule has 2 aromatic rings. The first-order chi connectivity index (χ1) is 24.6. The SMILES string of the molecule is COC1CCN(C(=O)N[S@@]2(=O)=NC(=O)c3ccc4c(c3)N(C[C@@H]3CC[C@H]3[C@@H](OC)/C=C/C[C@H](C)C2)C[C@@]2(CCCc3cc(Cl)ccc32)CO4)CC1. The van der Waals surface area contributed by atoms with Crippen molar-refractivity contribution >= 4 is 39.1 Å². The molecule has 2 aliphatic carbocycles. The number of methoxy groups -OCH3 is 2. The fourth-order valence-corrected chi connectivity index (χ4v) is 10.9. The van der Waals surface area contributed by atoms with E-state index in [-0.39, 0.29) is 29.3 Å². The van der Waals surface area contributed by atoms with E-state index in [4.69, 9.17) is 25.8 Å². The molecular weight excluding hydrogens is 688 g/mol. The number of halogens is 1. The van der Waals surface area contributed by atoms with Gasteiger partial charge in [-0.1, -0.05) is 36.7 Å². The lowest BCUT2D eigenvalue weighted by Crippen LogP contribution is -2.49. The maximum Gasteiger partial charge on any atom is 0.329 e. The van der Waals surface area contributed by atoms with Crippen LogP contribution in [0.2, 0.25) is 5.02 Å². The highest BCUT2D eigenvalue weighted by molar-refractivity contribution is 7.92. The first-order valence-corrected chi connectivity index (χ1v) is 20.5. The summed E-state index contributed by atoms with van der Waals surface area (Å²) < 4.78 is 39.8. The number of hydrogen-bond donors (Lipinski definition) is 1. The molecule has 5 aliphatic rings. The summed E-state index contributed by atoms with van der Waals surface area (Å²) in [6.45, 7) is 4.96. The molecule has 3 heterocycles. The van der Waals surface area contributed by atoms with E-state index in [2.05, 4.69) is 38.3 Å². The van der Waals surface area contributed by atoms with E-state index >= 15 is 0 Å². The summed E-state index contributed by atoms with van der Waals surface area (Å²) in [5.74, 6) is 0.765. The highest BCUT2D eigenvalue weighted by Gasteiger charge is 2.44. The average molecular weight is 739 g/mol. The summed E-state index contributed by atoms with van der Waals surface area (Å²) >= 11 is 6.46. The number of ether oxygens (including phenoxy) is 3. The highest BCUT2D eigenvalue weighted by Crippen LogP contribution is 2.47. The molecule has 51 heavy (non-hydrogen) atoms. The Hall–Kier alpha value is -3.12. The lowest BCUT2D eigenvalue weighted by molar-refractivity contribution is 0.0131. The molecule has 3 amide bonds. The van der Waals surface area contributed by atoms with Gasteiger partial charge in [-0.05, 0) is 111 Å². The molecule has 3 aliphatic heterocycles. The van der Waals surface area contributed by atoms with Gasteiger partial charge >= 0.3 is 6.03 Å². The van der Waals surface area contributed by atoms with Crippen LogP contribution in [-0.4, -0.2) is 86.0 Å².